The molecule has 1 aliphatic rings. The molecule has 186 valence electrons. The minimum atomic E-state index is -0.170. The fraction of sp³-hybridized carbons (Fsp3) is 0.320. The van der Waals surface area contributed by atoms with E-state index >= 15 is 0 Å². The van der Waals surface area contributed by atoms with Gasteiger partial charge in [-0.05, 0) is 44.0 Å². The molecule has 1 saturated heterocycles. The number of hydrogen-bond donors (Lipinski definition) is 0. The number of thioether (sulfide) groups is 1. The Morgan fingerprint density at radius 2 is 1.94 bits per heavy atom. The van der Waals surface area contributed by atoms with Crippen LogP contribution < -0.4 is 0 Å². The molecule has 0 unspecified atom stereocenters. The Morgan fingerprint density at radius 3 is 2.67 bits per heavy atom. The number of likely N-dealkylation sites (tertiary alicyclic amines) is 1. The van der Waals surface area contributed by atoms with Crippen LogP contribution in [0.2, 0.25) is 0 Å². The zero-order chi connectivity index (χ0) is 24.9. The van der Waals surface area contributed by atoms with Crippen molar-refractivity contribution in [2.45, 2.75) is 30.7 Å². The lowest BCUT2D eigenvalue weighted by Crippen LogP contribution is -2.40. The van der Waals surface area contributed by atoms with Crippen molar-refractivity contribution in [2.75, 3.05) is 19.7 Å². The molecule has 1 aromatic carbocycles. The molecule has 0 radical (unpaired) electrons. The van der Waals surface area contributed by atoms with E-state index in [4.69, 9.17) is 9.15 Å². The van der Waals surface area contributed by atoms with Crippen LogP contribution in [-0.4, -0.2) is 56.2 Å². The number of para-hydroxylation sites is 1. The average Bonchev–Trinajstić information content (AvgIpc) is 3.68. The van der Waals surface area contributed by atoms with Crippen LogP contribution >= 0.6 is 23.1 Å². The van der Waals surface area contributed by atoms with E-state index in [2.05, 4.69) is 15.2 Å². The quantitative estimate of drug-likeness (QED) is 0.242. The van der Waals surface area contributed by atoms with E-state index in [1.165, 1.54) is 23.1 Å². The highest BCUT2D eigenvalue weighted by molar-refractivity contribution is 7.98. The fourth-order valence-electron chi connectivity index (χ4n) is 4.08. The van der Waals surface area contributed by atoms with Gasteiger partial charge in [-0.1, -0.05) is 30.0 Å². The first-order chi connectivity index (χ1) is 17.6. The van der Waals surface area contributed by atoms with Gasteiger partial charge in [-0.25, -0.2) is 4.98 Å². The normalized spacial score (nSPS) is 14.2. The van der Waals surface area contributed by atoms with Crippen LogP contribution in [0.4, 0.5) is 0 Å². The van der Waals surface area contributed by atoms with Crippen LogP contribution in [0.15, 0.2) is 63.7 Å². The van der Waals surface area contributed by atoms with Crippen LogP contribution in [0.5, 0.6) is 0 Å². The Balaban J connectivity index is 1.25. The lowest BCUT2D eigenvalue weighted by molar-refractivity contribution is -0.149. The molecule has 0 saturated carbocycles. The molecule has 0 N–H and O–H groups in total. The van der Waals surface area contributed by atoms with Crippen LogP contribution in [-0.2, 0) is 15.3 Å². The third-order valence-electron chi connectivity index (χ3n) is 5.89. The molecule has 11 heteroatoms. The van der Waals surface area contributed by atoms with E-state index < -0.39 is 0 Å². The van der Waals surface area contributed by atoms with E-state index in [1.54, 1.807) is 23.5 Å². The number of hydrogen-bond acceptors (Lipinski definition) is 9. The van der Waals surface area contributed by atoms with Gasteiger partial charge in [0.1, 0.15) is 10.7 Å². The van der Waals surface area contributed by atoms with Gasteiger partial charge < -0.3 is 14.1 Å². The number of rotatable bonds is 8. The molecule has 1 aliphatic heterocycles. The summed E-state index contributed by atoms with van der Waals surface area (Å²) in [6.07, 6.45) is 2.84. The number of amides is 1. The molecule has 5 rings (SSSR count). The number of carbonyl (C=O) groups excluding carboxylic acids is 2. The molecule has 0 spiro atoms. The van der Waals surface area contributed by atoms with Gasteiger partial charge in [0, 0.05) is 24.2 Å². The molecule has 36 heavy (non-hydrogen) atoms. The minimum absolute atomic E-state index is 0.0997. The van der Waals surface area contributed by atoms with Crippen molar-refractivity contribution in [1.29, 1.82) is 0 Å². The van der Waals surface area contributed by atoms with Crippen molar-refractivity contribution in [3.05, 3.63) is 64.8 Å². The summed E-state index contributed by atoms with van der Waals surface area (Å²) in [5.41, 5.74) is 1.36. The van der Waals surface area contributed by atoms with Gasteiger partial charge in [-0.2, -0.15) is 0 Å². The molecule has 9 nitrogen and oxygen atoms in total. The van der Waals surface area contributed by atoms with Crippen molar-refractivity contribution in [1.82, 2.24) is 24.6 Å². The number of piperidine rings is 1. The van der Waals surface area contributed by atoms with Gasteiger partial charge >= 0.3 is 5.97 Å². The zero-order valence-electron chi connectivity index (χ0n) is 19.7. The van der Waals surface area contributed by atoms with Crippen molar-refractivity contribution in [3.8, 4) is 17.3 Å². The summed E-state index contributed by atoms with van der Waals surface area (Å²) in [6.45, 7) is 3.24. The van der Waals surface area contributed by atoms with Crippen molar-refractivity contribution in [3.63, 3.8) is 0 Å². The van der Waals surface area contributed by atoms with Gasteiger partial charge in [0.05, 0.1) is 24.5 Å². The monoisotopic (exact) mass is 523 g/mol. The molecule has 1 fully saturated rings. The van der Waals surface area contributed by atoms with Crippen LogP contribution in [0.1, 0.15) is 35.3 Å². The number of aromatic nitrogens is 4. The summed E-state index contributed by atoms with van der Waals surface area (Å²) in [4.78, 5) is 31.3. The number of ether oxygens (including phenoxy) is 1. The first kappa shape index (κ1) is 24.3. The van der Waals surface area contributed by atoms with Gasteiger partial charge in [0.15, 0.2) is 10.9 Å². The molecule has 0 bridgehead atoms. The van der Waals surface area contributed by atoms with E-state index in [1.807, 2.05) is 47.0 Å². The summed E-state index contributed by atoms with van der Waals surface area (Å²) in [5, 5.41) is 12.1. The number of furan rings is 1. The van der Waals surface area contributed by atoms with Crippen molar-refractivity contribution in [2.24, 2.45) is 5.92 Å². The maximum Gasteiger partial charge on any atom is 0.309 e. The molecule has 4 aromatic rings. The lowest BCUT2D eigenvalue weighted by Gasteiger charge is -2.30. The van der Waals surface area contributed by atoms with Gasteiger partial charge in [0.2, 0.25) is 5.82 Å². The smallest absolute Gasteiger partial charge is 0.309 e. The number of esters is 1. The van der Waals surface area contributed by atoms with E-state index in [9.17, 15) is 9.59 Å². The van der Waals surface area contributed by atoms with Crippen LogP contribution in [0, 0.1) is 5.92 Å². The Kier molecular flexibility index (Phi) is 7.47. The first-order valence-electron chi connectivity index (χ1n) is 11.7. The number of nitrogens with zero attached hydrogens (tertiary/aromatic N) is 5. The second-order valence-corrected chi connectivity index (χ2v) is 10.1. The molecule has 3 aromatic heterocycles. The zero-order valence-corrected chi connectivity index (χ0v) is 21.3. The maximum atomic E-state index is 13.0. The molecular formula is C25H25N5O4S2. The number of benzene rings is 1. The summed E-state index contributed by atoms with van der Waals surface area (Å²) >= 11 is 2.95. The predicted octanol–water partition coefficient (Wildman–Crippen LogP) is 4.69. The predicted molar refractivity (Wildman–Crippen MR) is 136 cm³/mol. The summed E-state index contributed by atoms with van der Waals surface area (Å²) in [7, 11) is 0. The van der Waals surface area contributed by atoms with Crippen LogP contribution in [0.3, 0.4) is 0 Å². The van der Waals surface area contributed by atoms with Crippen molar-refractivity contribution >= 4 is 35.0 Å². The highest BCUT2D eigenvalue weighted by Crippen LogP contribution is 2.31. The molecular weight excluding hydrogens is 498 g/mol. The number of thiazole rings is 1. The SMILES string of the molecule is CCOC(=O)C1CCN(C(=O)c2csc(CSc3nnc(-c4ccco4)n3-c3ccccc3)n2)CC1. The van der Waals surface area contributed by atoms with E-state index in [-0.39, 0.29) is 17.8 Å². The third kappa shape index (κ3) is 5.21. The Hall–Kier alpha value is -3.44. The highest BCUT2D eigenvalue weighted by Gasteiger charge is 2.29. The first-order valence-corrected chi connectivity index (χ1v) is 13.6. The van der Waals surface area contributed by atoms with Gasteiger partial charge in [-0.3, -0.25) is 14.2 Å². The van der Waals surface area contributed by atoms with Gasteiger partial charge in [0.25, 0.3) is 5.91 Å². The summed E-state index contributed by atoms with van der Waals surface area (Å²) in [6, 6.07) is 13.5. The largest absolute Gasteiger partial charge is 0.466 e. The third-order valence-corrected chi connectivity index (χ3v) is 7.86. The van der Waals surface area contributed by atoms with Crippen molar-refractivity contribution < 1.29 is 18.7 Å². The average molecular weight is 524 g/mol. The fourth-order valence-corrected chi connectivity index (χ4v) is 5.82. The Bertz CT molecular complexity index is 1310. The molecule has 1 amide bonds. The van der Waals surface area contributed by atoms with Gasteiger partial charge in [-0.15, -0.1) is 21.5 Å². The Morgan fingerprint density at radius 1 is 1.14 bits per heavy atom. The van der Waals surface area contributed by atoms with E-state index in [0.717, 1.165) is 10.7 Å². The summed E-state index contributed by atoms with van der Waals surface area (Å²) < 4.78 is 12.6. The molecule has 0 atom stereocenters. The molecule has 0 aliphatic carbocycles. The maximum absolute atomic E-state index is 13.0. The standard InChI is InChI=1S/C25H25N5O4S2/c1-2-33-24(32)17-10-12-29(13-11-17)23(31)19-15-35-21(26-19)16-36-25-28-27-22(20-9-6-14-34-20)30(25)18-7-4-3-5-8-18/h3-9,14-15,17H,2,10-13,16H2,1H3. The summed E-state index contributed by atoms with van der Waals surface area (Å²) in [5.74, 6) is 1.39. The Labute approximate surface area is 216 Å². The second kappa shape index (κ2) is 11.1. The van der Waals surface area contributed by atoms with E-state index in [0.29, 0.717) is 60.7 Å². The molecule has 4 heterocycles. The van der Waals surface area contributed by atoms with Crippen LogP contribution in [0.25, 0.3) is 17.3 Å². The second-order valence-electron chi connectivity index (χ2n) is 8.19. The number of carbonyl (C=O) groups is 2. The highest BCUT2D eigenvalue weighted by atomic mass is 32.2. The topological polar surface area (TPSA) is 103 Å². The lowest BCUT2D eigenvalue weighted by atomic mass is 9.97. The minimum Gasteiger partial charge on any atom is -0.466 e.